The fraction of sp³-hybridized carbons (Fsp3) is 0.750. The van der Waals surface area contributed by atoms with Gasteiger partial charge in [0, 0.05) is 25.3 Å². The molecule has 1 aliphatic carbocycles. The van der Waals surface area contributed by atoms with Crippen LogP contribution in [0.15, 0.2) is 4.42 Å². The molecular weight excluding hydrogens is 188 g/mol. The molecule has 3 nitrogen and oxygen atoms in total. The summed E-state index contributed by atoms with van der Waals surface area (Å²) in [5.41, 5.74) is 6.74. The van der Waals surface area contributed by atoms with Crippen LogP contribution < -0.4 is 5.73 Å². The van der Waals surface area contributed by atoms with Crippen molar-refractivity contribution in [1.29, 1.82) is 0 Å². The van der Waals surface area contributed by atoms with Crippen LogP contribution in [0.1, 0.15) is 55.9 Å². The van der Waals surface area contributed by atoms with Gasteiger partial charge in [-0.05, 0) is 12.8 Å². The average molecular weight is 208 g/mol. The second kappa shape index (κ2) is 4.79. The molecule has 2 rings (SSSR count). The average Bonchev–Trinajstić information content (AvgIpc) is 2.84. The van der Waals surface area contributed by atoms with Crippen molar-refractivity contribution in [3.63, 3.8) is 0 Å². The second-order valence-corrected chi connectivity index (χ2v) is 4.29. The molecule has 1 heterocycles. The van der Waals surface area contributed by atoms with Crippen molar-refractivity contribution < 1.29 is 4.42 Å². The Labute approximate surface area is 91.1 Å². The summed E-state index contributed by atoms with van der Waals surface area (Å²) < 4.78 is 5.73. The number of oxazole rings is 1. The monoisotopic (exact) mass is 208 g/mol. The number of nitrogens with zero attached hydrogens (tertiary/aromatic N) is 1. The first-order chi connectivity index (χ1) is 7.35. The van der Waals surface area contributed by atoms with Gasteiger partial charge in [-0.15, -0.1) is 0 Å². The first kappa shape index (κ1) is 10.7. The van der Waals surface area contributed by atoms with Crippen molar-refractivity contribution in [3.8, 4) is 0 Å². The predicted octanol–water partition coefficient (Wildman–Crippen LogP) is 2.40. The lowest BCUT2D eigenvalue weighted by Crippen LogP contribution is -2.03. The molecule has 1 saturated carbocycles. The van der Waals surface area contributed by atoms with Crippen LogP contribution in [0.2, 0.25) is 0 Å². The molecule has 1 aliphatic rings. The summed E-state index contributed by atoms with van der Waals surface area (Å²) in [6, 6.07) is 0. The molecule has 0 amide bonds. The first-order valence-corrected chi connectivity index (χ1v) is 6.03. The molecule has 1 aromatic heterocycles. The number of nitrogens with two attached hydrogens (primary N) is 1. The third-order valence-corrected chi connectivity index (χ3v) is 3.19. The Morgan fingerprint density at radius 3 is 2.73 bits per heavy atom. The lowest BCUT2D eigenvalue weighted by molar-refractivity contribution is 0.457. The van der Waals surface area contributed by atoms with Crippen LogP contribution in [0.5, 0.6) is 0 Å². The van der Waals surface area contributed by atoms with Crippen molar-refractivity contribution >= 4 is 0 Å². The zero-order valence-electron chi connectivity index (χ0n) is 9.46. The highest BCUT2D eigenvalue weighted by molar-refractivity contribution is 5.16. The lowest BCUT2D eigenvalue weighted by atomic mass is 10.0. The Morgan fingerprint density at radius 1 is 1.40 bits per heavy atom. The first-order valence-electron chi connectivity index (χ1n) is 6.03. The van der Waals surface area contributed by atoms with E-state index in [2.05, 4.69) is 11.9 Å². The van der Waals surface area contributed by atoms with E-state index < -0.39 is 0 Å². The number of aryl methyl sites for hydroxylation is 1. The molecule has 2 N–H and O–H groups in total. The lowest BCUT2D eigenvalue weighted by Gasteiger charge is -2.05. The molecule has 0 aliphatic heterocycles. The van der Waals surface area contributed by atoms with Crippen LogP contribution in [0.25, 0.3) is 0 Å². The predicted molar refractivity (Wildman–Crippen MR) is 59.8 cm³/mol. The van der Waals surface area contributed by atoms with Crippen molar-refractivity contribution in [3.05, 3.63) is 17.3 Å². The van der Waals surface area contributed by atoms with Crippen LogP contribution in [0.4, 0.5) is 0 Å². The van der Waals surface area contributed by atoms with Crippen molar-refractivity contribution in [2.75, 3.05) is 6.54 Å². The zero-order valence-corrected chi connectivity index (χ0v) is 9.46. The van der Waals surface area contributed by atoms with E-state index >= 15 is 0 Å². The Balaban J connectivity index is 2.19. The summed E-state index contributed by atoms with van der Waals surface area (Å²) in [6.07, 6.45) is 6.95. The molecule has 0 unspecified atom stereocenters. The van der Waals surface area contributed by atoms with Crippen molar-refractivity contribution in [1.82, 2.24) is 4.98 Å². The van der Waals surface area contributed by atoms with Crippen LogP contribution in [0, 0.1) is 0 Å². The molecule has 84 valence electrons. The molecular formula is C12H20N2O. The van der Waals surface area contributed by atoms with Gasteiger partial charge in [0.05, 0.1) is 5.69 Å². The van der Waals surface area contributed by atoms with E-state index in [4.69, 9.17) is 10.2 Å². The highest BCUT2D eigenvalue weighted by Gasteiger charge is 2.24. The maximum absolute atomic E-state index is 5.73. The van der Waals surface area contributed by atoms with E-state index in [-0.39, 0.29) is 0 Å². The number of hydrogen-bond donors (Lipinski definition) is 1. The molecule has 0 bridgehead atoms. The molecule has 0 atom stereocenters. The molecule has 0 radical (unpaired) electrons. The van der Waals surface area contributed by atoms with Gasteiger partial charge in [0.2, 0.25) is 0 Å². The van der Waals surface area contributed by atoms with Gasteiger partial charge in [-0.2, -0.15) is 0 Å². The van der Waals surface area contributed by atoms with Gasteiger partial charge in [-0.1, -0.05) is 19.8 Å². The van der Waals surface area contributed by atoms with Crippen LogP contribution in [0.3, 0.4) is 0 Å². The fourth-order valence-electron chi connectivity index (χ4n) is 2.42. The number of hydrogen-bond acceptors (Lipinski definition) is 3. The minimum absolute atomic E-state index is 0.619. The smallest absolute Gasteiger partial charge is 0.195 e. The normalized spacial score (nSPS) is 17.5. The molecule has 15 heavy (non-hydrogen) atoms. The Hall–Kier alpha value is -0.830. The minimum Gasteiger partial charge on any atom is -0.445 e. The summed E-state index contributed by atoms with van der Waals surface area (Å²) in [7, 11) is 0. The SMILES string of the molecule is CCc1oc(CCN)nc1C1CCCC1. The zero-order chi connectivity index (χ0) is 10.7. The summed E-state index contributed by atoms with van der Waals surface area (Å²) in [4.78, 5) is 4.61. The number of rotatable bonds is 4. The maximum Gasteiger partial charge on any atom is 0.195 e. The standard InChI is InChI=1S/C12H20N2O/c1-2-10-12(9-5-3-4-6-9)14-11(15-10)7-8-13/h9H,2-8,13H2,1H3. The molecule has 0 saturated heterocycles. The van der Waals surface area contributed by atoms with Gasteiger partial charge < -0.3 is 10.2 Å². The van der Waals surface area contributed by atoms with Crippen LogP contribution in [-0.4, -0.2) is 11.5 Å². The van der Waals surface area contributed by atoms with E-state index in [9.17, 15) is 0 Å². The molecule has 1 aromatic rings. The van der Waals surface area contributed by atoms with E-state index in [1.807, 2.05) is 0 Å². The number of aromatic nitrogens is 1. The van der Waals surface area contributed by atoms with Crippen LogP contribution in [-0.2, 0) is 12.8 Å². The Morgan fingerprint density at radius 2 is 2.13 bits per heavy atom. The summed E-state index contributed by atoms with van der Waals surface area (Å²) in [5.74, 6) is 2.57. The largest absolute Gasteiger partial charge is 0.445 e. The van der Waals surface area contributed by atoms with E-state index in [1.165, 1.54) is 31.4 Å². The highest BCUT2D eigenvalue weighted by atomic mass is 16.4. The quantitative estimate of drug-likeness (QED) is 0.826. The van der Waals surface area contributed by atoms with E-state index in [0.29, 0.717) is 12.5 Å². The minimum atomic E-state index is 0.619. The van der Waals surface area contributed by atoms with Crippen LogP contribution >= 0.6 is 0 Å². The van der Waals surface area contributed by atoms with Gasteiger partial charge in [0.25, 0.3) is 0 Å². The maximum atomic E-state index is 5.73. The summed E-state index contributed by atoms with van der Waals surface area (Å²) in [6.45, 7) is 2.75. The van der Waals surface area contributed by atoms with Gasteiger partial charge in [-0.25, -0.2) is 4.98 Å². The molecule has 0 aromatic carbocycles. The van der Waals surface area contributed by atoms with Crippen molar-refractivity contribution in [2.45, 2.75) is 51.4 Å². The van der Waals surface area contributed by atoms with E-state index in [1.54, 1.807) is 0 Å². The second-order valence-electron chi connectivity index (χ2n) is 4.29. The van der Waals surface area contributed by atoms with Gasteiger partial charge in [-0.3, -0.25) is 0 Å². The Kier molecular flexibility index (Phi) is 3.41. The van der Waals surface area contributed by atoms with E-state index in [0.717, 1.165) is 24.5 Å². The molecule has 1 fully saturated rings. The van der Waals surface area contributed by atoms with Crippen molar-refractivity contribution in [2.24, 2.45) is 5.73 Å². The van der Waals surface area contributed by atoms with Gasteiger partial charge in [0.1, 0.15) is 5.76 Å². The highest BCUT2D eigenvalue weighted by Crippen LogP contribution is 2.35. The van der Waals surface area contributed by atoms with Gasteiger partial charge >= 0.3 is 0 Å². The third kappa shape index (κ3) is 2.23. The third-order valence-electron chi connectivity index (χ3n) is 3.19. The molecule has 0 spiro atoms. The fourth-order valence-corrected chi connectivity index (χ4v) is 2.42. The Bertz CT molecular complexity index is 313. The topological polar surface area (TPSA) is 52.0 Å². The molecule has 3 heteroatoms. The summed E-state index contributed by atoms with van der Waals surface area (Å²) in [5, 5.41) is 0. The summed E-state index contributed by atoms with van der Waals surface area (Å²) >= 11 is 0. The van der Waals surface area contributed by atoms with Gasteiger partial charge in [0.15, 0.2) is 5.89 Å².